The predicted octanol–water partition coefficient (Wildman–Crippen LogP) is 4.21. The maximum atomic E-state index is 12.2. The average Bonchev–Trinajstić information content (AvgIpc) is 3.10. The first-order valence-electron chi connectivity index (χ1n) is 9.50. The Bertz CT molecular complexity index is 687. The third-order valence-electron chi connectivity index (χ3n) is 4.70. The summed E-state index contributed by atoms with van der Waals surface area (Å²) in [6.07, 6.45) is 4.13. The van der Waals surface area contributed by atoms with Crippen LogP contribution in [0.5, 0.6) is 5.75 Å². The van der Waals surface area contributed by atoms with Crippen molar-refractivity contribution in [2.24, 2.45) is 0 Å². The van der Waals surface area contributed by atoms with Crippen LogP contribution >= 0.6 is 11.3 Å². The van der Waals surface area contributed by atoms with Crippen LogP contribution in [0.2, 0.25) is 0 Å². The maximum Gasteiger partial charge on any atom is 0.221 e. The lowest BCUT2D eigenvalue weighted by Gasteiger charge is -2.23. The fourth-order valence-corrected chi connectivity index (χ4v) is 3.90. The zero-order valence-corrected chi connectivity index (χ0v) is 16.3. The van der Waals surface area contributed by atoms with E-state index in [-0.39, 0.29) is 12.0 Å². The molecule has 1 aliphatic rings. The number of benzene rings is 1. The molecule has 5 heteroatoms. The quantitative estimate of drug-likeness (QED) is 0.755. The lowest BCUT2D eigenvalue weighted by molar-refractivity contribution is -0.121. The molecule has 1 unspecified atom stereocenters. The molecule has 26 heavy (non-hydrogen) atoms. The van der Waals surface area contributed by atoms with Crippen LogP contribution < -0.4 is 10.1 Å². The second-order valence-electron chi connectivity index (χ2n) is 6.83. The number of nitrogens with zero attached hydrogens (tertiary/aromatic N) is 1. The Balaban J connectivity index is 1.54. The van der Waals surface area contributed by atoms with Crippen molar-refractivity contribution in [3.63, 3.8) is 0 Å². The summed E-state index contributed by atoms with van der Waals surface area (Å²) in [6, 6.07) is 12.3. The van der Waals surface area contributed by atoms with E-state index in [9.17, 15) is 4.79 Å². The Morgan fingerprint density at radius 3 is 3.00 bits per heavy atom. The van der Waals surface area contributed by atoms with Crippen molar-refractivity contribution in [2.75, 3.05) is 13.1 Å². The number of thiophene rings is 1. The van der Waals surface area contributed by atoms with E-state index < -0.39 is 0 Å². The first-order chi connectivity index (χ1) is 12.7. The first-order valence-corrected chi connectivity index (χ1v) is 10.4. The van der Waals surface area contributed by atoms with Gasteiger partial charge in [0.05, 0.1) is 6.54 Å². The van der Waals surface area contributed by atoms with Gasteiger partial charge in [-0.05, 0) is 30.4 Å². The number of rotatable bonds is 8. The minimum atomic E-state index is 0.113. The van der Waals surface area contributed by atoms with Gasteiger partial charge in [0.1, 0.15) is 11.9 Å². The van der Waals surface area contributed by atoms with Crippen LogP contribution in [0.1, 0.15) is 43.0 Å². The van der Waals surface area contributed by atoms with Crippen molar-refractivity contribution in [1.82, 2.24) is 10.2 Å². The summed E-state index contributed by atoms with van der Waals surface area (Å²) in [7, 11) is 0. The molecule has 2 aromatic rings. The molecule has 0 bridgehead atoms. The molecule has 0 saturated heterocycles. The third-order valence-corrected chi connectivity index (χ3v) is 5.57. The van der Waals surface area contributed by atoms with Crippen LogP contribution in [0, 0.1) is 0 Å². The van der Waals surface area contributed by atoms with Crippen LogP contribution in [0.15, 0.2) is 41.8 Å². The number of hydrogen-bond acceptors (Lipinski definition) is 4. The normalized spacial score (nSPS) is 17.2. The highest BCUT2D eigenvalue weighted by atomic mass is 32.1. The minimum Gasteiger partial charge on any atom is -0.489 e. The van der Waals surface area contributed by atoms with Gasteiger partial charge in [-0.1, -0.05) is 37.6 Å². The van der Waals surface area contributed by atoms with Crippen molar-refractivity contribution in [2.45, 2.75) is 51.8 Å². The molecule has 0 spiro atoms. The van der Waals surface area contributed by atoms with Gasteiger partial charge in [0.2, 0.25) is 5.91 Å². The summed E-state index contributed by atoms with van der Waals surface area (Å²) < 4.78 is 6.25. The van der Waals surface area contributed by atoms with Crippen molar-refractivity contribution in [3.8, 4) is 5.75 Å². The summed E-state index contributed by atoms with van der Waals surface area (Å²) in [6.45, 7) is 5.32. The zero-order valence-electron chi connectivity index (χ0n) is 15.4. The van der Waals surface area contributed by atoms with Crippen LogP contribution in [0.25, 0.3) is 0 Å². The molecule has 0 fully saturated rings. The summed E-state index contributed by atoms with van der Waals surface area (Å²) >= 11 is 1.67. The van der Waals surface area contributed by atoms with Crippen LogP contribution in [0.3, 0.4) is 0 Å². The van der Waals surface area contributed by atoms with Crippen molar-refractivity contribution in [3.05, 3.63) is 52.2 Å². The molecule has 0 radical (unpaired) electrons. The number of carbonyl (C=O) groups is 1. The molecule has 1 aromatic heterocycles. The second kappa shape index (κ2) is 9.74. The Morgan fingerprint density at radius 2 is 2.19 bits per heavy atom. The molecule has 3 rings (SSSR count). The van der Waals surface area contributed by atoms with E-state index in [2.05, 4.69) is 35.3 Å². The molecule has 1 N–H and O–H groups in total. The fourth-order valence-electron chi connectivity index (χ4n) is 3.26. The van der Waals surface area contributed by atoms with Gasteiger partial charge in [0, 0.05) is 36.5 Å². The molecule has 1 amide bonds. The smallest absolute Gasteiger partial charge is 0.221 e. The number of carbonyl (C=O) groups excluding carboxylic acids is 1. The molecule has 140 valence electrons. The van der Waals surface area contributed by atoms with E-state index in [1.54, 1.807) is 11.3 Å². The molecular weight excluding hydrogens is 344 g/mol. The molecule has 2 heterocycles. The maximum absolute atomic E-state index is 12.2. The first kappa shape index (κ1) is 18.9. The molecule has 1 aromatic carbocycles. The molecule has 1 atom stereocenters. The number of fused-ring (bicyclic) bond motifs is 1. The lowest BCUT2D eigenvalue weighted by atomic mass is 10.1. The largest absolute Gasteiger partial charge is 0.489 e. The topological polar surface area (TPSA) is 41.6 Å². The number of ether oxygens (including phenoxy) is 1. The summed E-state index contributed by atoms with van der Waals surface area (Å²) in [5.74, 6) is 1.11. The van der Waals surface area contributed by atoms with Crippen LogP contribution in [-0.4, -0.2) is 30.0 Å². The summed E-state index contributed by atoms with van der Waals surface area (Å²) in [5, 5.41) is 5.05. The highest BCUT2D eigenvalue weighted by Crippen LogP contribution is 2.26. The van der Waals surface area contributed by atoms with Gasteiger partial charge in [-0.15, -0.1) is 11.3 Å². The average molecular weight is 373 g/mol. The van der Waals surface area contributed by atoms with Crippen molar-refractivity contribution in [1.29, 1.82) is 0 Å². The minimum absolute atomic E-state index is 0.113. The highest BCUT2D eigenvalue weighted by Gasteiger charge is 2.22. The Labute approximate surface area is 160 Å². The highest BCUT2D eigenvalue weighted by molar-refractivity contribution is 7.09. The van der Waals surface area contributed by atoms with E-state index >= 15 is 0 Å². The standard InChI is InChI=1S/C21H28N2O2S/c1-2-3-8-18-16-23(15-17-7-4-5-10-20(17)25-18)12-11-21(24)22-14-19-9-6-13-26-19/h4-7,9-10,13,18H,2-3,8,11-12,14-16H2,1H3,(H,22,24). The van der Waals surface area contributed by atoms with E-state index in [0.29, 0.717) is 13.0 Å². The van der Waals surface area contributed by atoms with Crippen LogP contribution in [0.4, 0.5) is 0 Å². The Morgan fingerprint density at radius 1 is 1.31 bits per heavy atom. The molecule has 1 aliphatic heterocycles. The SMILES string of the molecule is CCCCC1CN(CCC(=O)NCc2cccs2)Cc2ccccc2O1. The Hall–Kier alpha value is -1.85. The van der Waals surface area contributed by atoms with E-state index in [1.165, 1.54) is 23.3 Å². The fraction of sp³-hybridized carbons (Fsp3) is 0.476. The van der Waals surface area contributed by atoms with Gasteiger partial charge < -0.3 is 10.1 Å². The van der Waals surface area contributed by atoms with E-state index in [4.69, 9.17) is 4.74 Å². The number of hydrogen-bond donors (Lipinski definition) is 1. The third kappa shape index (κ3) is 5.58. The molecule has 0 aliphatic carbocycles. The number of para-hydroxylation sites is 1. The van der Waals surface area contributed by atoms with Gasteiger partial charge in [0.25, 0.3) is 0 Å². The summed E-state index contributed by atoms with van der Waals surface area (Å²) in [5.41, 5.74) is 1.21. The predicted molar refractivity (Wildman–Crippen MR) is 106 cm³/mol. The van der Waals surface area contributed by atoms with E-state index in [0.717, 1.165) is 31.8 Å². The number of unbranched alkanes of at least 4 members (excludes halogenated alkanes) is 1. The zero-order chi connectivity index (χ0) is 18.2. The van der Waals surface area contributed by atoms with E-state index in [1.807, 2.05) is 23.6 Å². The molecular formula is C21H28N2O2S. The monoisotopic (exact) mass is 372 g/mol. The molecule has 0 saturated carbocycles. The van der Waals surface area contributed by atoms with Gasteiger partial charge in [0.15, 0.2) is 0 Å². The lowest BCUT2D eigenvalue weighted by Crippen LogP contribution is -2.35. The van der Waals surface area contributed by atoms with Gasteiger partial charge in [-0.2, -0.15) is 0 Å². The Kier molecular flexibility index (Phi) is 7.09. The van der Waals surface area contributed by atoms with Gasteiger partial charge in [-0.3, -0.25) is 9.69 Å². The second-order valence-corrected chi connectivity index (χ2v) is 7.86. The van der Waals surface area contributed by atoms with Gasteiger partial charge >= 0.3 is 0 Å². The number of nitrogens with one attached hydrogen (secondary N) is 1. The van der Waals surface area contributed by atoms with Crippen molar-refractivity contribution < 1.29 is 9.53 Å². The van der Waals surface area contributed by atoms with Crippen molar-refractivity contribution >= 4 is 17.2 Å². The van der Waals surface area contributed by atoms with Gasteiger partial charge in [-0.25, -0.2) is 0 Å². The molecule has 4 nitrogen and oxygen atoms in total. The number of amides is 1. The van der Waals surface area contributed by atoms with Crippen LogP contribution in [-0.2, 0) is 17.9 Å². The summed E-state index contributed by atoms with van der Waals surface area (Å²) in [4.78, 5) is 15.7.